The summed E-state index contributed by atoms with van der Waals surface area (Å²) in [6, 6.07) is 5.96. The quantitative estimate of drug-likeness (QED) is 0.840. The number of pyridine rings is 1. The number of benzene rings is 1. The van der Waals surface area contributed by atoms with E-state index >= 15 is 0 Å². The van der Waals surface area contributed by atoms with Crippen LogP contribution in [0.25, 0.3) is 10.9 Å². The van der Waals surface area contributed by atoms with E-state index in [1.165, 1.54) is 18.3 Å². The minimum absolute atomic E-state index is 0.207. The lowest BCUT2D eigenvalue weighted by Crippen LogP contribution is -2.40. The molecule has 94 valence electrons. The summed E-state index contributed by atoms with van der Waals surface area (Å²) in [6.07, 6.45) is 1.50. The van der Waals surface area contributed by atoms with Crippen molar-refractivity contribution in [3.8, 4) is 0 Å². The molecule has 0 unspecified atom stereocenters. The van der Waals surface area contributed by atoms with Crippen molar-refractivity contribution in [2.75, 3.05) is 0 Å². The smallest absolute Gasteiger partial charge is 0.253 e. The average molecular weight is 246 g/mol. The van der Waals surface area contributed by atoms with Gasteiger partial charge in [-0.3, -0.25) is 9.78 Å². The highest BCUT2D eigenvalue weighted by Crippen LogP contribution is 2.15. The SMILES string of the molecule is CC(C)(C)NC(=O)c1cnc2ccc(F)cc2c1. The molecule has 0 aliphatic carbocycles. The van der Waals surface area contributed by atoms with Gasteiger partial charge in [-0.25, -0.2) is 4.39 Å². The minimum Gasteiger partial charge on any atom is -0.347 e. The second kappa shape index (κ2) is 4.37. The van der Waals surface area contributed by atoms with Crippen molar-refractivity contribution in [3.63, 3.8) is 0 Å². The number of hydrogen-bond acceptors (Lipinski definition) is 2. The zero-order valence-electron chi connectivity index (χ0n) is 10.6. The molecule has 1 aromatic carbocycles. The van der Waals surface area contributed by atoms with E-state index in [2.05, 4.69) is 10.3 Å². The van der Waals surface area contributed by atoms with Gasteiger partial charge in [0, 0.05) is 17.1 Å². The van der Waals surface area contributed by atoms with Crippen molar-refractivity contribution in [1.82, 2.24) is 10.3 Å². The van der Waals surface area contributed by atoms with Crippen LogP contribution in [0.5, 0.6) is 0 Å². The molecular formula is C14H15FN2O. The summed E-state index contributed by atoms with van der Waals surface area (Å²) in [6.45, 7) is 5.71. The largest absolute Gasteiger partial charge is 0.347 e. The van der Waals surface area contributed by atoms with Gasteiger partial charge in [-0.05, 0) is 45.0 Å². The van der Waals surface area contributed by atoms with Crippen molar-refractivity contribution in [2.45, 2.75) is 26.3 Å². The van der Waals surface area contributed by atoms with Crippen LogP contribution in [0.4, 0.5) is 4.39 Å². The summed E-state index contributed by atoms with van der Waals surface area (Å²) in [4.78, 5) is 16.1. The van der Waals surface area contributed by atoms with Crippen molar-refractivity contribution in [3.05, 3.63) is 41.8 Å². The molecule has 4 heteroatoms. The van der Waals surface area contributed by atoms with Gasteiger partial charge in [0.05, 0.1) is 11.1 Å². The lowest BCUT2D eigenvalue weighted by molar-refractivity contribution is 0.0919. The molecule has 2 rings (SSSR count). The van der Waals surface area contributed by atoms with Crippen molar-refractivity contribution >= 4 is 16.8 Å². The maximum Gasteiger partial charge on any atom is 0.253 e. The fourth-order valence-electron chi connectivity index (χ4n) is 1.64. The predicted octanol–water partition coefficient (Wildman–Crippen LogP) is 2.90. The van der Waals surface area contributed by atoms with Gasteiger partial charge >= 0.3 is 0 Å². The first-order chi connectivity index (χ1) is 8.35. The van der Waals surface area contributed by atoms with Crippen LogP contribution < -0.4 is 5.32 Å². The van der Waals surface area contributed by atoms with E-state index in [9.17, 15) is 9.18 Å². The molecule has 18 heavy (non-hydrogen) atoms. The van der Waals surface area contributed by atoms with E-state index < -0.39 is 0 Å². The van der Waals surface area contributed by atoms with E-state index in [4.69, 9.17) is 0 Å². The van der Waals surface area contributed by atoms with Crippen molar-refractivity contribution in [2.24, 2.45) is 0 Å². The molecule has 1 N–H and O–H groups in total. The summed E-state index contributed by atoms with van der Waals surface area (Å²) < 4.78 is 13.1. The molecule has 2 aromatic rings. The van der Waals surface area contributed by atoms with Gasteiger partial charge in [-0.15, -0.1) is 0 Å². The third kappa shape index (κ3) is 2.83. The Morgan fingerprint density at radius 2 is 2.00 bits per heavy atom. The fourth-order valence-corrected chi connectivity index (χ4v) is 1.64. The number of carbonyl (C=O) groups excluding carboxylic acids is 1. The highest BCUT2D eigenvalue weighted by atomic mass is 19.1. The van der Waals surface area contributed by atoms with Gasteiger partial charge in [-0.1, -0.05) is 0 Å². The first-order valence-corrected chi connectivity index (χ1v) is 5.73. The van der Waals surface area contributed by atoms with Gasteiger partial charge in [0.25, 0.3) is 5.91 Å². The van der Waals surface area contributed by atoms with E-state index in [-0.39, 0.29) is 17.3 Å². The number of nitrogens with zero attached hydrogens (tertiary/aromatic N) is 1. The summed E-state index contributed by atoms with van der Waals surface area (Å²) in [7, 11) is 0. The van der Waals surface area contributed by atoms with Gasteiger partial charge < -0.3 is 5.32 Å². The van der Waals surface area contributed by atoms with E-state index in [1.807, 2.05) is 20.8 Å². The Hall–Kier alpha value is -1.97. The number of fused-ring (bicyclic) bond motifs is 1. The molecule has 3 nitrogen and oxygen atoms in total. The number of carbonyl (C=O) groups is 1. The van der Waals surface area contributed by atoms with Crippen LogP contribution in [0.15, 0.2) is 30.5 Å². The molecule has 0 spiro atoms. The molecule has 0 saturated heterocycles. The van der Waals surface area contributed by atoms with Gasteiger partial charge in [0.15, 0.2) is 0 Å². The maximum atomic E-state index is 13.1. The van der Waals surface area contributed by atoms with E-state index in [1.54, 1.807) is 12.1 Å². The summed E-state index contributed by atoms with van der Waals surface area (Å²) >= 11 is 0. The second-order valence-corrected chi connectivity index (χ2v) is 5.27. The number of halogens is 1. The van der Waals surface area contributed by atoms with E-state index in [0.29, 0.717) is 16.5 Å². The highest BCUT2D eigenvalue weighted by Gasteiger charge is 2.15. The molecule has 0 bridgehead atoms. The van der Waals surface area contributed by atoms with Gasteiger partial charge in [0.1, 0.15) is 5.82 Å². The zero-order valence-corrected chi connectivity index (χ0v) is 10.6. The maximum absolute atomic E-state index is 13.1. The van der Waals surface area contributed by atoms with Crippen LogP contribution in [0.1, 0.15) is 31.1 Å². The van der Waals surface area contributed by atoms with Crippen molar-refractivity contribution in [1.29, 1.82) is 0 Å². The Balaban J connectivity index is 2.37. The Bertz CT molecular complexity index is 602. The topological polar surface area (TPSA) is 42.0 Å². The number of amides is 1. The van der Waals surface area contributed by atoms with Crippen LogP contribution in [0.2, 0.25) is 0 Å². The first kappa shape index (κ1) is 12.5. The Morgan fingerprint density at radius 1 is 1.28 bits per heavy atom. The number of nitrogens with one attached hydrogen (secondary N) is 1. The monoisotopic (exact) mass is 246 g/mol. The molecule has 0 radical (unpaired) electrons. The highest BCUT2D eigenvalue weighted by molar-refractivity contribution is 5.97. The Morgan fingerprint density at radius 3 is 2.67 bits per heavy atom. The van der Waals surface area contributed by atoms with Crippen LogP contribution in [-0.2, 0) is 0 Å². The molecule has 1 aromatic heterocycles. The lowest BCUT2D eigenvalue weighted by atomic mass is 10.1. The minimum atomic E-state index is -0.335. The van der Waals surface area contributed by atoms with Crippen LogP contribution in [-0.4, -0.2) is 16.4 Å². The summed E-state index contributed by atoms with van der Waals surface area (Å²) in [5.41, 5.74) is 0.792. The first-order valence-electron chi connectivity index (χ1n) is 5.73. The third-order valence-electron chi connectivity index (χ3n) is 2.39. The van der Waals surface area contributed by atoms with Gasteiger partial charge in [-0.2, -0.15) is 0 Å². The summed E-state index contributed by atoms with van der Waals surface area (Å²) in [5, 5.41) is 3.46. The molecule has 1 heterocycles. The molecule has 0 fully saturated rings. The molecule has 0 saturated carbocycles. The zero-order chi connectivity index (χ0) is 13.3. The van der Waals surface area contributed by atoms with E-state index in [0.717, 1.165) is 0 Å². The Kier molecular flexibility index (Phi) is 3.03. The Labute approximate surface area is 105 Å². The molecule has 0 aliphatic heterocycles. The normalized spacial score (nSPS) is 11.6. The standard InChI is InChI=1S/C14H15FN2O/c1-14(2,3)17-13(18)10-6-9-7-11(15)4-5-12(9)16-8-10/h4-8H,1-3H3,(H,17,18). The average Bonchev–Trinajstić information content (AvgIpc) is 2.25. The van der Waals surface area contributed by atoms with Crippen molar-refractivity contribution < 1.29 is 9.18 Å². The van der Waals surface area contributed by atoms with Gasteiger partial charge in [0.2, 0.25) is 0 Å². The fraction of sp³-hybridized carbons (Fsp3) is 0.286. The lowest BCUT2D eigenvalue weighted by Gasteiger charge is -2.20. The molecule has 0 aliphatic rings. The number of aromatic nitrogens is 1. The number of rotatable bonds is 1. The predicted molar refractivity (Wildman–Crippen MR) is 68.9 cm³/mol. The van der Waals surface area contributed by atoms with Crippen LogP contribution in [0.3, 0.4) is 0 Å². The summed E-state index contributed by atoms with van der Waals surface area (Å²) in [5.74, 6) is -0.543. The molecular weight excluding hydrogens is 231 g/mol. The molecule has 1 amide bonds. The number of hydrogen-bond donors (Lipinski definition) is 1. The second-order valence-electron chi connectivity index (χ2n) is 5.27. The third-order valence-corrected chi connectivity index (χ3v) is 2.39. The van der Waals surface area contributed by atoms with Crippen LogP contribution >= 0.6 is 0 Å². The molecule has 0 atom stereocenters. The van der Waals surface area contributed by atoms with Crippen LogP contribution in [0, 0.1) is 5.82 Å².